The van der Waals surface area contributed by atoms with Crippen molar-refractivity contribution in [3.05, 3.63) is 42.1 Å². The van der Waals surface area contributed by atoms with Gasteiger partial charge in [-0.1, -0.05) is 30.3 Å². The average Bonchev–Trinajstić information content (AvgIpc) is 3.23. The van der Waals surface area contributed by atoms with Crippen molar-refractivity contribution in [1.29, 1.82) is 0 Å². The van der Waals surface area contributed by atoms with E-state index in [1.165, 1.54) is 7.11 Å². The highest BCUT2D eigenvalue weighted by Crippen LogP contribution is 2.25. The average molecular weight is 344 g/mol. The molecule has 7 heteroatoms. The SMILES string of the molecule is COCC(=O)N[C@@H]1CN(Cc2cn[nH]c2-c2ccccc2)C[C@H]1CO. The molecule has 3 N–H and O–H groups in total. The number of aromatic nitrogens is 2. The van der Waals surface area contributed by atoms with Crippen molar-refractivity contribution in [3.63, 3.8) is 0 Å². The van der Waals surface area contributed by atoms with Crippen LogP contribution >= 0.6 is 0 Å². The lowest BCUT2D eigenvalue weighted by atomic mass is 10.1. The summed E-state index contributed by atoms with van der Waals surface area (Å²) in [5, 5.41) is 19.8. The normalized spacial score (nSPS) is 20.7. The number of nitrogens with one attached hydrogen (secondary N) is 2. The molecular weight excluding hydrogens is 320 g/mol. The van der Waals surface area contributed by atoms with Crippen molar-refractivity contribution in [3.8, 4) is 11.3 Å². The van der Waals surface area contributed by atoms with Gasteiger partial charge in [-0.15, -0.1) is 0 Å². The number of carbonyl (C=O) groups is 1. The van der Waals surface area contributed by atoms with E-state index in [1.807, 2.05) is 36.5 Å². The number of likely N-dealkylation sites (tertiary alicyclic amines) is 1. The van der Waals surface area contributed by atoms with Crippen LogP contribution < -0.4 is 5.32 Å². The van der Waals surface area contributed by atoms with Gasteiger partial charge in [0.2, 0.25) is 5.91 Å². The van der Waals surface area contributed by atoms with Crippen molar-refractivity contribution in [1.82, 2.24) is 20.4 Å². The smallest absolute Gasteiger partial charge is 0.246 e. The Morgan fingerprint density at radius 1 is 1.40 bits per heavy atom. The van der Waals surface area contributed by atoms with Gasteiger partial charge in [-0.25, -0.2) is 0 Å². The number of amides is 1. The van der Waals surface area contributed by atoms with Gasteiger partial charge in [0.25, 0.3) is 0 Å². The lowest BCUT2D eigenvalue weighted by molar-refractivity contribution is -0.125. The van der Waals surface area contributed by atoms with E-state index in [1.54, 1.807) is 0 Å². The molecule has 2 atom stereocenters. The number of aliphatic hydroxyl groups is 1. The highest BCUT2D eigenvalue weighted by Gasteiger charge is 2.33. The van der Waals surface area contributed by atoms with Crippen molar-refractivity contribution in [2.45, 2.75) is 12.6 Å². The molecule has 0 spiro atoms. The summed E-state index contributed by atoms with van der Waals surface area (Å²) in [4.78, 5) is 14.0. The molecule has 1 amide bonds. The standard InChI is InChI=1S/C18H24N4O3/c1-25-12-17(24)20-16-10-22(9-15(16)11-23)8-14-7-19-21-18(14)13-5-3-2-4-6-13/h2-7,15-16,23H,8-12H2,1H3,(H,19,21)(H,20,24)/t15-,16+/m0/s1. The number of nitrogens with zero attached hydrogens (tertiary/aromatic N) is 2. The van der Waals surface area contributed by atoms with Crippen molar-refractivity contribution >= 4 is 5.91 Å². The molecule has 0 radical (unpaired) electrons. The number of aromatic amines is 1. The van der Waals surface area contributed by atoms with Gasteiger partial charge < -0.3 is 15.2 Å². The highest BCUT2D eigenvalue weighted by molar-refractivity contribution is 5.77. The third kappa shape index (κ3) is 4.25. The fourth-order valence-corrected chi connectivity index (χ4v) is 3.34. The van der Waals surface area contributed by atoms with Gasteiger partial charge in [0.1, 0.15) is 6.61 Å². The molecule has 2 aromatic rings. The van der Waals surface area contributed by atoms with E-state index in [-0.39, 0.29) is 31.1 Å². The maximum absolute atomic E-state index is 11.8. The molecule has 1 aromatic heterocycles. The third-order valence-corrected chi connectivity index (χ3v) is 4.55. The lowest BCUT2D eigenvalue weighted by Gasteiger charge is -2.17. The molecule has 1 saturated heterocycles. The minimum atomic E-state index is -0.152. The predicted octanol–water partition coefficient (Wildman–Crippen LogP) is 0.632. The fourth-order valence-electron chi connectivity index (χ4n) is 3.34. The van der Waals surface area contributed by atoms with Gasteiger partial charge in [-0.2, -0.15) is 5.10 Å². The number of carbonyl (C=O) groups excluding carboxylic acids is 1. The van der Waals surface area contributed by atoms with Crippen LogP contribution in [0.4, 0.5) is 0 Å². The monoisotopic (exact) mass is 344 g/mol. The quantitative estimate of drug-likeness (QED) is 0.685. The topological polar surface area (TPSA) is 90.5 Å². The van der Waals surface area contributed by atoms with Crippen LogP contribution in [0.3, 0.4) is 0 Å². The summed E-state index contributed by atoms with van der Waals surface area (Å²) in [6, 6.07) is 10.0. The van der Waals surface area contributed by atoms with E-state index in [2.05, 4.69) is 20.4 Å². The first-order valence-electron chi connectivity index (χ1n) is 8.40. The number of ether oxygens (including phenoxy) is 1. The van der Waals surface area contributed by atoms with Crippen LogP contribution in [0.25, 0.3) is 11.3 Å². The van der Waals surface area contributed by atoms with Crippen LogP contribution in [0, 0.1) is 5.92 Å². The van der Waals surface area contributed by atoms with E-state index >= 15 is 0 Å². The lowest BCUT2D eigenvalue weighted by Crippen LogP contribution is -2.43. The van der Waals surface area contributed by atoms with E-state index in [0.717, 1.165) is 23.4 Å². The minimum absolute atomic E-state index is 0.0212. The molecule has 0 unspecified atom stereocenters. The molecule has 25 heavy (non-hydrogen) atoms. The number of benzene rings is 1. The second-order valence-electron chi connectivity index (χ2n) is 6.38. The summed E-state index contributed by atoms with van der Waals surface area (Å²) >= 11 is 0. The largest absolute Gasteiger partial charge is 0.396 e. The third-order valence-electron chi connectivity index (χ3n) is 4.55. The second kappa shape index (κ2) is 8.24. The minimum Gasteiger partial charge on any atom is -0.396 e. The summed E-state index contributed by atoms with van der Waals surface area (Å²) in [6.45, 7) is 2.22. The predicted molar refractivity (Wildman–Crippen MR) is 93.7 cm³/mol. The maximum atomic E-state index is 11.8. The summed E-state index contributed by atoms with van der Waals surface area (Å²) in [5.74, 6) is -0.131. The van der Waals surface area contributed by atoms with Gasteiger partial charge in [0, 0.05) is 50.9 Å². The number of rotatable bonds is 7. The van der Waals surface area contributed by atoms with Crippen LogP contribution in [-0.2, 0) is 16.1 Å². The Kier molecular flexibility index (Phi) is 5.80. The number of hydrogen-bond donors (Lipinski definition) is 3. The van der Waals surface area contributed by atoms with Crippen LogP contribution in [0.15, 0.2) is 36.5 Å². The van der Waals surface area contributed by atoms with Crippen LogP contribution in [0.2, 0.25) is 0 Å². The summed E-state index contributed by atoms with van der Waals surface area (Å²) in [5.41, 5.74) is 3.21. The van der Waals surface area contributed by atoms with Gasteiger partial charge >= 0.3 is 0 Å². The molecule has 1 fully saturated rings. The Morgan fingerprint density at radius 3 is 2.92 bits per heavy atom. The number of H-pyrrole nitrogens is 1. The first kappa shape index (κ1) is 17.6. The van der Waals surface area contributed by atoms with Crippen LogP contribution in [0.1, 0.15) is 5.56 Å². The number of methoxy groups -OCH3 is 1. The highest BCUT2D eigenvalue weighted by atomic mass is 16.5. The Morgan fingerprint density at radius 2 is 2.20 bits per heavy atom. The van der Waals surface area contributed by atoms with Crippen LogP contribution in [-0.4, -0.2) is 65.6 Å². The Hall–Kier alpha value is -2.22. The molecule has 0 bridgehead atoms. The van der Waals surface area contributed by atoms with Gasteiger partial charge in [0.15, 0.2) is 0 Å². The molecule has 134 valence electrons. The zero-order chi connectivity index (χ0) is 17.6. The van der Waals surface area contributed by atoms with E-state index in [0.29, 0.717) is 13.1 Å². The summed E-state index contributed by atoms with van der Waals surface area (Å²) in [7, 11) is 1.49. The molecule has 0 aliphatic carbocycles. The van der Waals surface area contributed by atoms with Crippen molar-refractivity contribution in [2.24, 2.45) is 5.92 Å². The molecule has 2 heterocycles. The van der Waals surface area contributed by atoms with Gasteiger partial charge in [-0.05, 0) is 5.56 Å². The Bertz CT molecular complexity index is 689. The van der Waals surface area contributed by atoms with Gasteiger partial charge in [-0.3, -0.25) is 14.8 Å². The molecule has 1 aliphatic rings. The molecule has 1 aromatic carbocycles. The van der Waals surface area contributed by atoms with Crippen LogP contribution in [0.5, 0.6) is 0 Å². The number of aliphatic hydroxyl groups excluding tert-OH is 1. The van der Waals surface area contributed by atoms with Gasteiger partial charge in [0.05, 0.1) is 11.9 Å². The molecule has 3 rings (SSSR count). The molecule has 7 nitrogen and oxygen atoms in total. The van der Waals surface area contributed by atoms with E-state index in [4.69, 9.17) is 4.74 Å². The van der Waals surface area contributed by atoms with E-state index in [9.17, 15) is 9.90 Å². The first-order valence-corrected chi connectivity index (χ1v) is 8.40. The van der Waals surface area contributed by atoms with Crippen molar-refractivity contribution in [2.75, 3.05) is 33.4 Å². The maximum Gasteiger partial charge on any atom is 0.246 e. The molecule has 0 saturated carbocycles. The fraction of sp³-hybridized carbons (Fsp3) is 0.444. The second-order valence-corrected chi connectivity index (χ2v) is 6.38. The zero-order valence-electron chi connectivity index (χ0n) is 14.3. The zero-order valence-corrected chi connectivity index (χ0v) is 14.3. The Labute approximate surface area is 147 Å². The van der Waals surface area contributed by atoms with E-state index < -0.39 is 0 Å². The van der Waals surface area contributed by atoms with Crippen molar-refractivity contribution < 1.29 is 14.6 Å². The number of hydrogen-bond acceptors (Lipinski definition) is 5. The molecule has 1 aliphatic heterocycles. The first-order chi connectivity index (χ1) is 12.2. The summed E-state index contributed by atoms with van der Waals surface area (Å²) < 4.78 is 4.86. The molecular formula is C18H24N4O3. The summed E-state index contributed by atoms with van der Waals surface area (Å²) in [6.07, 6.45) is 1.84. The Balaban J connectivity index is 1.66.